The van der Waals surface area contributed by atoms with Gasteiger partial charge in [0.2, 0.25) is 0 Å². The highest BCUT2D eigenvalue weighted by Crippen LogP contribution is 2.29. The van der Waals surface area contributed by atoms with Crippen LogP contribution in [0.2, 0.25) is 0 Å². The van der Waals surface area contributed by atoms with Crippen molar-refractivity contribution >= 4 is 5.97 Å². The van der Waals surface area contributed by atoms with E-state index in [0.717, 1.165) is 12.8 Å². The lowest BCUT2D eigenvalue weighted by Gasteiger charge is -2.34. The summed E-state index contributed by atoms with van der Waals surface area (Å²) in [5, 5.41) is 0. The van der Waals surface area contributed by atoms with Gasteiger partial charge in [-0.25, -0.2) is 0 Å². The van der Waals surface area contributed by atoms with Gasteiger partial charge in [-0.2, -0.15) is 0 Å². The van der Waals surface area contributed by atoms with Crippen LogP contribution < -0.4 is 0 Å². The van der Waals surface area contributed by atoms with Gasteiger partial charge in [-0.3, -0.25) is 4.79 Å². The van der Waals surface area contributed by atoms with Crippen molar-refractivity contribution < 1.29 is 14.3 Å². The molecule has 3 heteroatoms. The van der Waals surface area contributed by atoms with Crippen molar-refractivity contribution in [3.63, 3.8) is 0 Å². The van der Waals surface area contributed by atoms with Crippen LogP contribution >= 0.6 is 0 Å². The molecule has 0 aromatic heterocycles. The molecule has 13 heavy (non-hydrogen) atoms. The van der Waals surface area contributed by atoms with E-state index in [1.807, 2.05) is 20.8 Å². The van der Waals surface area contributed by atoms with E-state index in [1.54, 1.807) is 0 Å². The first kappa shape index (κ1) is 10.5. The second kappa shape index (κ2) is 4.09. The Bertz CT molecular complexity index is 187. The Morgan fingerprint density at radius 2 is 2.31 bits per heavy atom. The van der Waals surface area contributed by atoms with Gasteiger partial charge in [-0.05, 0) is 33.6 Å². The second-order valence-electron chi connectivity index (χ2n) is 4.05. The van der Waals surface area contributed by atoms with E-state index in [1.165, 1.54) is 0 Å². The van der Waals surface area contributed by atoms with Crippen LogP contribution in [0.3, 0.4) is 0 Å². The van der Waals surface area contributed by atoms with Crippen molar-refractivity contribution in [1.82, 2.24) is 0 Å². The summed E-state index contributed by atoms with van der Waals surface area (Å²) in [7, 11) is 0. The van der Waals surface area contributed by atoms with Crippen LogP contribution in [0.5, 0.6) is 0 Å². The molecule has 1 fully saturated rings. The third-order valence-electron chi connectivity index (χ3n) is 2.32. The average molecular weight is 186 g/mol. The molecule has 0 bridgehead atoms. The van der Waals surface area contributed by atoms with Crippen LogP contribution in [-0.4, -0.2) is 24.8 Å². The Labute approximate surface area is 79.4 Å². The molecule has 3 nitrogen and oxygen atoms in total. The molecule has 1 saturated heterocycles. The number of carbonyl (C=O) groups excluding carboxylic acids is 1. The summed E-state index contributed by atoms with van der Waals surface area (Å²) in [5.41, 5.74) is -0.171. The quantitative estimate of drug-likeness (QED) is 0.616. The molecule has 1 aliphatic rings. The van der Waals surface area contributed by atoms with Gasteiger partial charge in [0.25, 0.3) is 0 Å². The van der Waals surface area contributed by atoms with Gasteiger partial charge in [0, 0.05) is 6.61 Å². The van der Waals surface area contributed by atoms with Gasteiger partial charge >= 0.3 is 5.97 Å². The minimum absolute atomic E-state index is 0.0312. The van der Waals surface area contributed by atoms with Crippen molar-refractivity contribution in [2.24, 2.45) is 5.92 Å². The summed E-state index contributed by atoms with van der Waals surface area (Å²) < 4.78 is 10.5. The lowest BCUT2D eigenvalue weighted by molar-refractivity contribution is -0.157. The highest BCUT2D eigenvalue weighted by molar-refractivity contribution is 5.72. The largest absolute Gasteiger partial charge is 0.466 e. The number of rotatable bonds is 2. The van der Waals surface area contributed by atoms with E-state index in [2.05, 4.69) is 0 Å². The summed E-state index contributed by atoms with van der Waals surface area (Å²) >= 11 is 0. The zero-order chi connectivity index (χ0) is 9.90. The van der Waals surface area contributed by atoms with Crippen LogP contribution in [-0.2, 0) is 14.3 Å². The summed E-state index contributed by atoms with van der Waals surface area (Å²) in [6, 6.07) is 0. The van der Waals surface area contributed by atoms with Gasteiger partial charge in [-0.15, -0.1) is 0 Å². The molecular weight excluding hydrogens is 168 g/mol. The minimum atomic E-state index is -0.171. The molecule has 76 valence electrons. The molecule has 0 amide bonds. The van der Waals surface area contributed by atoms with E-state index < -0.39 is 0 Å². The highest BCUT2D eigenvalue weighted by atomic mass is 16.5. The van der Waals surface area contributed by atoms with Crippen LogP contribution in [0, 0.1) is 5.92 Å². The maximum Gasteiger partial charge on any atom is 0.309 e. The van der Waals surface area contributed by atoms with E-state index in [-0.39, 0.29) is 17.5 Å². The molecule has 0 spiro atoms. The van der Waals surface area contributed by atoms with Crippen LogP contribution in [0.4, 0.5) is 0 Å². The van der Waals surface area contributed by atoms with Crippen molar-refractivity contribution in [3.8, 4) is 0 Å². The Kier molecular flexibility index (Phi) is 3.31. The predicted octanol–water partition coefficient (Wildman–Crippen LogP) is 1.75. The molecule has 1 unspecified atom stereocenters. The van der Waals surface area contributed by atoms with Gasteiger partial charge in [0.1, 0.15) is 0 Å². The molecule has 0 radical (unpaired) electrons. The van der Waals surface area contributed by atoms with E-state index >= 15 is 0 Å². The topological polar surface area (TPSA) is 35.5 Å². The van der Waals surface area contributed by atoms with E-state index in [0.29, 0.717) is 13.2 Å². The van der Waals surface area contributed by atoms with E-state index in [4.69, 9.17) is 9.47 Å². The number of carbonyl (C=O) groups is 1. The zero-order valence-corrected chi connectivity index (χ0v) is 8.63. The standard InChI is InChI=1S/C10H18O3/c1-4-12-9(11)8-5-6-13-10(2,3)7-8/h8H,4-7H2,1-3H3. The summed E-state index contributed by atoms with van der Waals surface area (Å²) in [6.07, 6.45) is 1.56. The first-order valence-electron chi connectivity index (χ1n) is 4.86. The molecule has 1 aliphatic heterocycles. The average Bonchev–Trinajstić information content (AvgIpc) is 2.03. The normalized spacial score (nSPS) is 26.8. The molecule has 0 aromatic rings. The van der Waals surface area contributed by atoms with Gasteiger partial charge in [0.05, 0.1) is 18.1 Å². The molecule has 0 N–H and O–H groups in total. The maximum atomic E-state index is 11.4. The smallest absolute Gasteiger partial charge is 0.309 e. The molecule has 1 atom stereocenters. The predicted molar refractivity (Wildman–Crippen MR) is 49.4 cm³/mol. The molecule has 0 aromatic carbocycles. The Balaban J connectivity index is 2.47. The number of esters is 1. The van der Waals surface area contributed by atoms with Crippen LogP contribution in [0.25, 0.3) is 0 Å². The molecular formula is C10H18O3. The Hall–Kier alpha value is -0.570. The number of ether oxygens (including phenoxy) is 2. The van der Waals surface area contributed by atoms with Crippen molar-refractivity contribution in [3.05, 3.63) is 0 Å². The minimum Gasteiger partial charge on any atom is -0.466 e. The highest BCUT2D eigenvalue weighted by Gasteiger charge is 2.33. The molecule has 1 heterocycles. The fraction of sp³-hybridized carbons (Fsp3) is 0.900. The number of hydrogen-bond acceptors (Lipinski definition) is 3. The zero-order valence-electron chi connectivity index (χ0n) is 8.63. The molecule has 0 saturated carbocycles. The monoisotopic (exact) mass is 186 g/mol. The third-order valence-corrected chi connectivity index (χ3v) is 2.32. The first-order chi connectivity index (χ1) is 6.05. The van der Waals surface area contributed by atoms with E-state index in [9.17, 15) is 4.79 Å². The maximum absolute atomic E-state index is 11.4. The summed E-state index contributed by atoms with van der Waals surface area (Å²) in [4.78, 5) is 11.4. The fourth-order valence-electron chi connectivity index (χ4n) is 1.69. The van der Waals surface area contributed by atoms with Crippen molar-refractivity contribution in [1.29, 1.82) is 0 Å². The van der Waals surface area contributed by atoms with Gasteiger partial charge in [-0.1, -0.05) is 0 Å². The lowest BCUT2D eigenvalue weighted by Crippen LogP contribution is -2.37. The van der Waals surface area contributed by atoms with Gasteiger partial charge in [0.15, 0.2) is 0 Å². The molecule has 1 rings (SSSR count). The molecule has 0 aliphatic carbocycles. The van der Waals surface area contributed by atoms with Crippen LogP contribution in [0.15, 0.2) is 0 Å². The summed E-state index contributed by atoms with van der Waals surface area (Å²) in [6.45, 7) is 6.99. The third kappa shape index (κ3) is 2.99. The van der Waals surface area contributed by atoms with Crippen molar-refractivity contribution in [2.45, 2.75) is 39.2 Å². The second-order valence-corrected chi connectivity index (χ2v) is 4.05. The van der Waals surface area contributed by atoms with Gasteiger partial charge < -0.3 is 9.47 Å². The Morgan fingerprint density at radius 1 is 1.62 bits per heavy atom. The SMILES string of the molecule is CCOC(=O)C1CCOC(C)(C)C1. The fourth-order valence-corrected chi connectivity index (χ4v) is 1.69. The lowest BCUT2D eigenvalue weighted by atomic mass is 9.88. The number of hydrogen-bond donors (Lipinski definition) is 0. The first-order valence-corrected chi connectivity index (χ1v) is 4.86. The summed E-state index contributed by atoms with van der Waals surface area (Å²) in [5.74, 6) is -0.0393. The Morgan fingerprint density at radius 3 is 2.85 bits per heavy atom. The van der Waals surface area contributed by atoms with Crippen molar-refractivity contribution in [2.75, 3.05) is 13.2 Å². The van der Waals surface area contributed by atoms with Crippen LogP contribution in [0.1, 0.15) is 33.6 Å².